The van der Waals surface area contributed by atoms with Gasteiger partial charge in [0.05, 0.1) is 19.6 Å². The van der Waals surface area contributed by atoms with E-state index in [1.807, 2.05) is 0 Å². The maximum atomic E-state index is 12.5. The van der Waals surface area contributed by atoms with Crippen LogP contribution in [0.4, 0.5) is 0 Å². The van der Waals surface area contributed by atoms with Gasteiger partial charge in [0.1, 0.15) is 18.1 Å². The summed E-state index contributed by atoms with van der Waals surface area (Å²) in [6.45, 7) is 2.26. The van der Waals surface area contributed by atoms with Gasteiger partial charge in [-0.3, -0.25) is 19.2 Å². The molecule has 12 nitrogen and oxygen atoms in total. The van der Waals surface area contributed by atoms with Gasteiger partial charge in [0.2, 0.25) is 23.6 Å². The second kappa shape index (κ2) is 11.8. The Bertz CT molecular complexity index is 569. The molecule has 0 rings (SSSR count). The van der Waals surface area contributed by atoms with Crippen molar-refractivity contribution in [1.29, 1.82) is 0 Å². The maximum Gasteiger partial charge on any atom is 0.326 e. The molecule has 9 N–H and O–H groups in total. The molecule has 0 aliphatic carbocycles. The Balaban J connectivity index is 5.27. The van der Waals surface area contributed by atoms with Crippen LogP contribution in [0.25, 0.3) is 0 Å². The Labute approximate surface area is 156 Å². The van der Waals surface area contributed by atoms with Gasteiger partial charge in [-0.1, -0.05) is 20.3 Å². The zero-order chi connectivity index (χ0) is 21.1. The molecule has 0 aliphatic rings. The highest BCUT2D eigenvalue weighted by Crippen LogP contribution is 2.09. The first kappa shape index (κ1) is 24.3. The van der Waals surface area contributed by atoms with E-state index in [0.717, 1.165) is 0 Å². The predicted octanol–water partition coefficient (Wildman–Crippen LogP) is -3.60. The lowest BCUT2D eigenvalue weighted by Crippen LogP contribution is -2.59. The first-order valence-electron chi connectivity index (χ1n) is 8.29. The molecule has 0 aromatic rings. The molecule has 0 heterocycles. The second-order valence-corrected chi connectivity index (χ2v) is 5.95. The van der Waals surface area contributed by atoms with Crippen molar-refractivity contribution < 1.29 is 34.2 Å². The second-order valence-electron chi connectivity index (χ2n) is 5.95. The standard InChI is InChI=1S/C15H27N5O7/c1-3-7(2)12(14(25)19-8(15(26)27)4-10(17)22)20-13(24)9(6-21)18-11(23)5-16/h7-9,12,21H,3-6,16H2,1-2H3,(H2,17,22)(H,18,23)(H,19,25)(H,20,24)(H,26,27). The average Bonchev–Trinajstić information content (AvgIpc) is 2.61. The molecule has 4 atom stereocenters. The summed E-state index contributed by atoms with van der Waals surface area (Å²) in [6.07, 6.45) is -0.168. The minimum atomic E-state index is -1.55. The lowest BCUT2D eigenvalue weighted by atomic mass is 9.97. The highest BCUT2D eigenvalue weighted by molar-refractivity contribution is 5.94. The van der Waals surface area contributed by atoms with Crippen LogP contribution in [0.1, 0.15) is 26.7 Å². The Kier molecular flexibility index (Phi) is 10.6. The third-order valence-electron chi connectivity index (χ3n) is 3.83. The van der Waals surface area contributed by atoms with Crippen LogP contribution in [-0.2, 0) is 24.0 Å². The fraction of sp³-hybridized carbons (Fsp3) is 0.667. The number of hydrogen-bond acceptors (Lipinski definition) is 7. The number of amides is 4. The van der Waals surface area contributed by atoms with Crippen LogP contribution in [0.15, 0.2) is 0 Å². The Morgan fingerprint density at radius 2 is 1.59 bits per heavy atom. The number of primary amides is 1. The van der Waals surface area contributed by atoms with Crippen LogP contribution in [0, 0.1) is 5.92 Å². The van der Waals surface area contributed by atoms with E-state index in [-0.39, 0.29) is 0 Å². The molecule has 0 aliphatic heterocycles. The van der Waals surface area contributed by atoms with Crippen molar-refractivity contribution in [2.75, 3.05) is 13.2 Å². The summed E-state index contributed by atoms with van der Waals surface area (Å²) in [6, 6.07) is -4.05. The molecule has 0 spiro atoms. The number of hydrogen-bond donors (Lipinski definition) is 7. The molecule has 0 fully saturated rings. The van der Waals surface area contributed by atoms with Crippen molar-refractivity contribution in [2.45, 2.75) is 44.8 Å². The third-order valence-corrected chi connectivity index (χ3v) is 3.83. The van der Waals surface area contributed by atoms with Gasteiger partial charge >= 0.3 is 5.97 Å². The number of carboxylic acid groups (broad SMARTS) is 1. The van der Waals surface area contributed by atoms with E-state index in [1.54, 1.807) is 13.8 Å². The van der Waals surface area contributed by atoms with Crippen molar-refractivity contribution in [3.63, 3.8) is 0 Å². The van der Waals surface area contributed by atoms with Crippen LogP contribution < -0.4 is 27.4 Å². The summed E-state index contributed by atoms with van der Waals surface area (Å²) in [5.74, 6) is -5.16. The molecule has 12 heteroatoms. The van der Waals surface area contributed by atoms with E-state index >= 15 is 0 Å². The summed E-state index contributed by atoms with van der Waals surface area (Å²) < 4.78 is 0. The molecule has 4 amide bonds. The SMILES string of the molecule is CCC(C)C(NC(=O)C(CO)NC(=O)CN)C(=O)NC(CC(N)=O)C(=O)O. The fourth-order valence-electron chi connectivity index (χ4n) is 2.07. The normalized spacial score (nSPS) is 15.0. The molecule has 4 unspecified atom stereocenters. The highest BCUT2D eigenvalue weighted by Gasteiger charge is 2.32. The summed E-state index contributed by atoms with van der Waals surface area (Å²) >= 11 is 0. The average molecular weight is 389 g/mol. The molecule has 0 saturated carbocycles. The number of carbonyl (C=O) groups excluding carboxylic acids is 4. The van der Waals surface area contributed by atoms with Gasteiger partial charge in [0.25, 0.3) is 0 Å². The molecule has 0 aromatic carbocycles. The van der Waals surface area contributed by atoms with Crippen LogP contribution in [-0.4, -0.2) is 71.1 Å². The zero-order valence-electron chi connectivity index (χ0n) is 15.2. The minimum absolute atomic E-state index is 0.396. The summed E-state index contributed by atoms with van der Waals surface area (Å²) in [5, 5.41) is 25.1. The largest absolute Gasteiger partial charge is 0.480 e. The number of aliphatic hydroxyl groups excluding tert-OH is 1. The summed E-state index contributed by atoms with van der Waals surface area (Å²) in [4.78, 5) is 58.1. The van der Waals surface area contributed by atoms with Crippen molar-refractivity contribution in [1.82, 2.24) is 16.0 Å². The predicted molar refractivity (Wildman–Crippen MR) is 92.8 cm³/mol. The lowest BCUT2D eigenvalue weighted by Gasteiger charge is -2.27. The molecular weight excluding hydrogens is 362 g/mol. The monoisotopic (exact) mass is 389 g/mol. The Morgan fingerprint density at radius 3 is 2.00 bits per heavy atom. The van der Waals surface area contributed by atoms with E-state index in [2.05, 4.69) is 16.0 Å². The zero-order valence-corrected chi connectivity index (χ0v) is 15.2. The Morgan fingerprint density at radius 1 is 1.00 bits per heavy atom. The van der Waals surface area contributed by atoms with Crippen LogP contribution in [0.3, 0.4) is 0 Å². The van der Waals surface area contributed by atoms with Gasteiger partial charge in [-0.2, -0.15) is 0 Å². The van der Waals surface area contributed by atoms with Gasteiger partial charge in [-0.15, -0.1) is 0 Å². The number of carbonyl (C=O) groups is 5. The molecule has 0 aromatic heterocycles. The van der Waals surface area contributed by atoms with Gasteiger partial charge in [0, 0.05) is 0 Å². The van der Waals surface area contributed by atoms with Gasteiger partial charge in [0.15, 0.2) is 0 Å². The molecule has 0 bridgehead atoms. The number of nitrogens with one attached hydrogen (secondary N) is 3. The number of aliphatic carboxylic acids is 1. The first-order chi connectivity index (χ1) is 12.6. The van der Waals surface area contributed by atoms with Crippen LogP contribution >= 0.6 is 0 Å². The topological polar surface area (TPSA) is 214 Å². The van der Waals surface area contributed by atoms with Crippen molar-refractivity contribution in [2.24, 2.45) is 17.4 Å². The van der Waals surface area contributed by atoms with Crippen molar-refractivity contribution >= 4 is 29.6 Å². The maximum absolute atomic E-state index is 12.5. The van der Waals surface area contributed by atoms with Crippen molar-refractivity contribution in [3.8, 4) is 0 Å². The quantitative estimate of drug-likeness (QED) is 0.176. The van der Waals surface area contributed by atoms with Gasteiger partial charge < -0.3 is 37.6 Å². The summed E-state index contributed by atoms with van der Waals surface area (Å²) in [5.41, 5.74) is 10.1. The third kappa shape index (κ3) is 8.46. The molecule has 154 valence electrons. The van der Waals surface area contributed by atoms with E-state index in [4.69, 9.17) is 16.6 Å². The van der Waals surface area contributed by atoms with Gasteiger partial charge in [-0.05, 0) is 5.92 Å². The fourth-order valence-corrected chi connectivity index (χ4v) is 2.07. The van der Waals surface area contributed by atoms with E-state index in [9.17, 15) is 29.1 Å². The smallest absolute Gasteiger partial charge is 0.326 e. The van der Waals surface area contributed by atoms with Crippen molar-refractivity contribution in [3.05, 3.63) is 0 Å². The van der Waals surface area contributed by atoms with E-state index in [0.29, 0.717) is 6.42 Å². The summed E-state index contributed by atoms with van der Waals surface area (Å²) in [7, 11) is 0. The van der Waals surface area contributed by atoms with Gasteiger partial charge in [-0.25, -0.2) is 4.79 Å². The van der Waals surface area contributed by atoms with Crippen LogP contribution in [0.5, 0.6) is 0 Å². The molecule has 0 radical (unpaired) electrons. The molecule has 0 saturated heterocycles. The Hall–Kier alpha value is -2.73. The van der Waals surface area contributed by atoms with E-state index < -0.39 is 73.2 Å². The molecular formula is C15H27N5O7. The number of aliphatic hydroxyl groups is 1. The number of rotatable bonds is 12. The lowest BCUT2D eigenvalue weighted by molar-refractivity contribution is -0.144. The molecule has 27 heavy (non-hydrogen) atoms. The number of nitrogens with two attached hydrogens (primary N) is 2. The van der Waals surface area contributed by atoms with E-state index in [1.165, 1.54) is 0 Å². The minimum Gasteiger partial charge on any atom is -0.480 e. The highest BCUT2D eigenvalue weighted by atomic mass is 16.4. The van der Waals surface area contributed by atoms with Crippen LogP contribution in [0.2, 0.25) is 0 Å². The number of carboxylic acids is 1. The first-order valence-corrected chi connectivity index (χ1v) is 8.29.